The van der Waals surface area contributed by atoms with Gasteiger partial charge < -0.3 is 5.73 Å². The zero-order valence-electron chi connectivity index (χ0n) is 10.9. The number of rotatable bonds is 5. The third-order valence-corrected chi connectivity index (χ3v) is 6.42. The first-order valence-electron chi connectivity index (χ1n) is 6.03. The van der Waals surface area contributed by atoms with E-state index in [0.29, 0.717) is 19.0 Å². The van der Waals surface area contributed by atoms with E-state index in [2.05, 4.69) is 0 Å². The maximum absolute atomic E-state index is 11.9. The third-order valence-electron chi connectivity index (χ3n) is 3.35. The first kappa shape index (κ1) is 15.9. The topological polar surface area (TPSA) is 97.5 Å². The van der Waals surface area contributed by atoms with Gasteiger partial charge in [0.1, 0.15) is 9.84 Å². The lowest BCUT2D eigenvalue weighted by Gasteiger charge is -2.32. The molecule has 1 aliphatic heterocycles. The van der Waals surface area contributed by atoms with E-state index in [1.807, 2.05) is 6.92 Å². The molecular weight excluding hydrogens is 276 g/mol. The molecule has 0 aromatic carbocycles. The highest BCUT2D eigenvalue weighted by atomic mass is 32.2. The molecule has 8 heteroatoms. The van der Waals surface area contributed by atoms with Crippen LogP contribution in [0, 0.1) is 5.92 Å². The summed E-state index contributed by atoms with van der Waals surface area (Å²) >= 11 is 0. The molecule has 0 amide bonds. The average molecular weight is 298 g/mol. The molecular formula is C10H22N2O4S2. The van der Waals surface area contributed by atoms with Crippen LogP contribution in [0.2, 0.25) is 0 Å². The largest absolute Gasteiger partial charge is 0.328 e. The highest BCUT2D eigenvalue weighted by Gasteiger charge is 2.29. The first-order valence-corrected chi connectivity index (χ1v) is 9.70. The minimum atomic E-state index is -3.45. The summed E-state index contributed by atoms with van der Waals surface area (Å²) in [5.41, 5.74) is 5.79. The van der Waals surface area contributed by atoms with Gasteiger partial charge in [-0.25, -0.2) is 21.1 Å². The Morgan fingerprint density at radius 3 is 2.06 bits per heavy atom. The molecule has 0 spiro atoms. The summed E-state index contributed by atoms with van der Waals surface area (Å²) < 4.78 is 47.3. The molecule has 0 bridgehead atoms. The van der Waals surface area contributed by atoms with Gasteiger partial charge in [-0.3, -0.25) is 0 Å². The minimum absolute atomic E-state index is 0.0749. The number of hydrogen-bond acceptors (Lipinski definition) is 5. The Morgan fingerprint density at radius 2 is 1.67 bits per heavy atom. The zero-order chi connectivity index (χ0) is 14.0. The lowest BCUT2D eigenvalue weighted by atomic mass is 9.92. The van der Waals surface area contributed by atoms with E-state index in [1.54, 1.807) is 0 Å². The van der Waals surface area contributed by atoms with Crippen LogP contribution in [0.1, 0.15) is 19.8 Å². The summed E-state index contributed by atoms with van der Waals surface area (Å²) in [5, 5.41) is 0. The van der Waals surface area contributed by atoms with Crippen molar-refractivity contribution in [2.24, 2.45) is 11.7 Å². The van der Waals surface area contributed by atoms with Gasteiger partial charge in [0.05, 0.1) is 11.5 Å². The van der Waals surface area contributed by atoms with Crippen LogP contribution in [0.15, 0.2) is 0 Å². The number of piperidine rings is 1. The van der Waals surface area contributed by atoms with Gasteiger partial charge in [0.15, 0.2) is 0 Å². The van der Waals surface area contributed by atoms with E-state index in [-0.39, 0.29) is 17.5 Å². The molecule has 1 rings (SSSR count). The molecule has 0 aromatic heterocycles. The van der Waals surface area contributed by atoms with Crippen molar-refractivity contribution in [1.29, 1.82) is 0 Å². The van der Waals surface area contributed by atoms with Crippen molar-refractivity contribution in [1.82, 2.24) is 4.31 Å². The molecule has 0 aromatic rings. The molecule has 1 atom stereocenters. The number of sulfonamides is 1. The normalized spacial score (nSPS) is 21.9. The van der Waals surface area contributed by atoms with Crippen LogP contribution in [-0.2, 0) is 19.9 Å². The van der Waals surface area contributed by atoms with Crippen molar-refractivity contribution in [3.63, 3.8) is 0 Å². The summed E-state index contributed by atoms with van der Waals surface area (Å²) in [6.45, 7) is 2.81. The van der Waals surface area contributed by atoms with Crippen LogP contribution in [0.4, 0.5) is 0 Å². The number of nitrogens with two attached hydrogens (primary N) is 1. The van der Waals surface area contributed by atoms with Crippen molar-refractivity contribution in [2.75, 3.05) is 30.9 Å². The predicted octanol–water partition coefficient (Wildman–Crippen LogP) is -0.580. The van der Waals surface area contributed by atoms with Crippen LogP contribution in [0.3, 0.4) is 0 Å². The van der Waals surface area contributed by atoms with E-state index in [9.17, 15) is 16.8 Å². The van der Waals surface area contributed by atoms with Crippen molar-refractivity contribution in [3.8, 4) is 0 Å². The Labute approximate surface area is 110 Å². The predicted molar refractivity (Wildman–Crippen MR) is 71.4 cm³/mol. The summed E-state index contributed by atoms with van der Waals surface area (Å²) in [6, 6.07) is 0.0749. The van der Waals surface area contributed by atoms with Gasteiger partial charge in [0.2, 0.25) is 10.0 Å². The molecule has 108 valence electrons. The fraction of sp³-hybridized carbons (Fsp3) is 1.00. The Hall–Kier alpha value is -0.180. The summed E-state index contributed by atoms with van der Waals surface area (Å²) in [7, 11) is -6.70. The van der Waals surface area contributed by atoms with Crippen molar-refractivity contribution < 1.29 is 16.8 Å². The fourth-order valence-electron chi connectivity index (χ4n) is 2.07. The third kappa shape index (κ3) is 4.83. The Morgan fingerprint density at radius 1 is 1.17 bits per heavy atom. The van der Waals surface area contributed by atoms with E-state index in [4.69, 9.17) is 5.73 Å². The van der Waals surface area contributed by atoms with Crippen LogP contribution in [0.25, 0.3) is 0 Å². The average Bonchev–Trinajstić information content (AvgIpc) is 2.26. The molecule has 1 unspecified atom stereocenters. The highest BCUT2D eigenvalue weighted by Crippen LogP contribution is 2.21. The van der Waals surface area contributed by atoms with Crippen molar-refractivity contribution in [2.45, 2.75) is 25.8 Å². The van der Waals surface area contributed by atoms with Crippen LogP contribution < -0.4 is 5.73 Å². The second-order valence-corrected chi connectivity index (χ2v) is 9.39. The van der Waals surface area contributed by atoms with Gasteiger partial charge in [0, 0.05) is 25.4 Å². The lowest BCUT2D eigenvalue weighted by molar-refractivity contribution is 0.251. The summed E-state index contributed by atoms with van der Waals surface area (Å²) in [6.07, 6.45) is 2.54. The molecule has 0 radical (unpaired) electrons. The van der Waals surface area contributed by atoms with Gasteiger partial charge in [-0.05, 0) is 25.7 Å². The van der Waals surface area contributed by atoms with Crippen LogP contribution >= 0.6 is 0 Å². The van der Waals surface area contributed by atoms with E-state index >= 15 is 0 Å². The van der Waals surface area contributed by atoms with Crippen molar-refractivity contribution in [3.05, 3.63) is 0 Å². The number of hydrogen-bond donors (Lipinski definition) is 1. The highest BCUT2D eigenvalue weighted by molar-refractivity contribution is 7.93. The molecule has 1 aliphatic rings. The molecule has 1 fully saturated rings. The Balaban J connectivity index is 2.56. The molecule has 1 heterocycles. The molecule has 2 N–H and O–H groups in total. The lowest BCUT2D eigenvalue weighted by Crippen LogP contribution is -2.44. The second-order valence-electron chi connectivity index (χ2n) is 5.04. The molecule has 0 saturated carbocycles. The molecule has 18 heavy (non-hydrogen) atoms. The summed E-state index contributed by atoms with van der Waals surface area (Å²) in [5.74, 6) is -0.289. The Bertz CT molecular complexity index is 462. The molecule has 0 aliphatic carbocycles. The van der Waals surface area contributed by atoms with Gasteiger partial charge >= 0.3 is 0 Å². The van der Waals surface area contributed by atoms with Crippen LogP contribution in [-0.4, -0.2) is 58.0 Å². The Kier molecular flexibility index (Phi) is 5.16. The fourth-order valence-corrected chi connectivity index (χ4v) is 5.14. The molecule has 6 nitrogen and oxygen atoms in total. The number of sulfone groups is 1. The smallest absolute Gasteiger partial charge is 0.215 e. The van der Waals surface area contributed by atoms with Crippen molar-refractivity contribution >= 4 is 19.9 Å². The maximum Gasteiger partial charge on any atom is 0.215 e. The van der Waals surface area contributed by atoms with Gasteiger partial charge in [-0.1, -0.05) is 0 Å². The molecule has 1 saturated heterocycles. The minimum Gasteiger partial charge on any atom is -0.328 e. The monoisotopic (exact) mass is 298 g/mol. The number of nitrogens with zero attached hydrogens (tertiary/aromatic N) is 1. The van der Waals surface area contributed by atoms with Gasteiger partial charge in [-0.2, -0.15) is 0 Å². The van der Waals surface area contributed by atoms with E-state index in [1.165, 1.54) is 4.31 Å². The van der Waals surface area contributed by atoms with E-state index in [0.717, 1.165) is 19.1 Å². The second kappa shape index (κ2) is 5.85. The zero-order valence-corrected chi connectivity index (χ0v) is 12.5. The van der Waals surface area contributed by atoms with Gasteiger partial charge in [0.25, 0.3) is 0 Å². The first-order chi connectivity index (χ1) is 8.12. The quantitative estimate of drug-likeness (QED) is 0.732. The van der Waals surface area contributed by atoms with Gasteiger partial charge in [-0.15, -0.1) is 0 Å². The summed E-state index contributed by atoms with van der Waals surface area (Å²) in [4.78, 5) is 0. The van der Waals surface area contributed by atoms with E-state index < -0.39 is 19.9 Å². The standard InChI is InChI=1S/C10H22N2O4S2/c1-9(11)10-3-5-12(6-4-10)18(15,16)8-7-17(2,13)14/h9-10H,3-8,11H2,1-2H3. The SMILES string of the molecule is CC(N)C1CCN(S(=O)(=O)CCS(C)(=O)=O)CC1. The van der Waals surface area contributed by atoms with Crippen LogP contribution in [0.5, 0.6) is 0 Å². The maximum atomic E-state index is 11.9.